The van der Waals surface area contributed by atoms with E-state index in [4.69, 9.17) is 24.0 Å². The van der Waals surface area contributed by atoms with Crippen LogP contribution in [0.3, 0.4) is 0 Å². The Morgan fingerprint density at radius 3 is 2.62 bits per heavy atom. The standard InChI is InChI=1S/C58H71N11O8S/c1-34(2)52(51-23-35(3)65-77-51)58(74)69-30-42(70)26-48(69)57(73)61-27-39-14-13-38(54-36(4)62-33-78-54)25-50(39)76-22-21-75-32-49(71)40-24-47(66(5)28-40)53(72)55-63-45-31-67(46-12-8-10-37-9-6-7-11-43(37)46)19-16-44(45)56(64-55)68-20-18-60-41(29-68)15-17-59/h6-14,23,25,33-34,40-42,47-49,52-53,60,70-72H,15-16,18-22,24,26-32H2,1-5H3,(H,61,73)/t40-,41+,42-,47+,48+,49?,52+,53?/m1/s1. The average molecular weight is 1080 g/mol. The molecule has 5 N–H and O–H groups in total. The largest absolute Gasteiger partial charge is 0.491 e. The number of thiazole rings is 1. The van der Waals surface area contributed by atoms with Crippen LogP contribution in [-0.4, -0.2) is 154 Å². The summed E-state index contributed by atoms with van der Waals surface area (Å²) in [5.41, 5.74) is 8.04. The number of nitriles is 1. The van der Waals surface area contributed by atoms with E-state index in [-0.39, 0.29) is 75.1 Å². The van der Waals surface area contributed by atoms with Gasteiger partial charge in [-0.3, -0.25) is 14.5 Å². The van der Waals surface area contributed by atoms with Crippen LogP contribution in [0.15, 0.2) is 76.8 Å². The number of likely N-dealkylation sites (tertiary alicyclic amines) is 2. The summed E-state index contributed by atoms with van der Waals surface area (Å²) in [6.07, 6.45) is -0.988. The van der Waals surface area contributed by atoms with Gasteiger partial charge in [0, 0.05) is 98.5 Å². The van der Waals surface area contributed by atoms with Crippen LogP contribution >= 0.6 is 11.3 Å². The number of rotatable bonds is 19. The van der Waals surface area contributed by atoms with Gasteiger partial charge in [0.2, 0.25) is 11.8 Å². The van der Waals surface area contributed by atoms with Gasteiger partial charge in [0.05, 0.1) is 71.9 Å². The Kier molecular flexibility index (Phi) is 17.0. The minimum Gasteiger partial charge on any atom is -0.491 e. The second-order valence-electron chi connectivity index (χ2n) is 21.7. The summed E-state index contributed by atoms with van der Waals surface area (Å²) in [7, 11) is 1.96. The molecule has 3 saturated heterocycles. The Labute approximate surface area is 459 Å². The minimum absolute atomic E-state index is 0.00314. The van der Waals surface area contributed by atoms with Gasteiger partial charge in [0.25, 0.3) is 0 Å². The molecule has 0 aliphatic carbocycles. The minimum atomic E-state index is -1.03. The number of carbonyl (C=O) groups is 2. The number of β-amino-alcohol motifs (C(OH)–C–C–N with tert-alkyl or cyclic N) is 1. The summed E-state index contributed by atoms with van der Waals surface area (Å²) >= 11 is 1.52. The number of piperazine rings is 1. The number of nitrogens with zero attached hydrogens (tertiary/aromatic N) is 9. The number of amides is 2. The molecule has 3 aromatic carbocycles. The number of likely N-dealkylation sites (N-methyl/N-ethyl adjacent to an activating group) is 1. The lowest BCUT2D eigenvalue weighted by Crippen LogP contribution is -2.51. The van der Waals surface area contributed by atoms with Crippen LogP contribution in [0.2, 0.25) is 0 Å². The van der Waals surface area contributed by atoms with E-state index in [2.05, 4.69) is 84.0 Å². The van der Waals surface area contributed by atoms with E-state index in [1.165, 1.54) is 27.0 Å². The van der Waals surface area contributed by atoms with Crippen molar-refractivity contribution in [2.24, 2.45) is 11.8 Å². The SMILES string of the molecule is Cc1cc([C@@H](C(=O)N2C[C@H](O)C[C@H]2C(=O)NCc2ccc(-c3scnc3C)cc2OCCOCC(O)[C@@H]2C[C@@H](C(O)c3nc4c(c(N5CCN[C@@H](CC#N)C5)n3)CCN(c3cccc5ccccc35)C4)N(C)C2)C(C)C)on1. The van der Waals surface area contributed by atoms with Crippen molar-refractivity contribution in [3.63, 3.8) is 0 Å². The molecule has 3 fully saturated rings. The van der Waals surface area contributed by atoms with Crippen molar-refractivity contribution in [1.29, 1.82) is 5.26 Å². The topological polar surface area (TPSA) is 239 Å². The highest BCUT2D eigenvalue weighted by molar-refractivity contribution is 7.13. The average Bonchev–Trinajstić information content (AvgIpc) is 4.34. The number of benzene rings is 3. The number of anilines is 2. The monoisotopic (exact) mass is 1080 g/mol. The Hall–Kier alpha value is -6.57. The van der Waals surface area contributed by atoms with Gasteiger partial charge >= 0.3 is 0 Å². The van der Waals surface area contributed by atoms with E-state index in [0.29, 0.717) is 61.1 Å². The number of aromatic nitrogens is 4. The molecule has 10 rings (SSSR count). The quantitative estimate of drug-likeness (QED) is 0.0635. The molecule has 78 heavy (non-hydrogen) atoms. The van der Waals surface area contributed by atoms with Crippen LogP contribution in [0.5, 0.6) is 5.75 Å². The van der Waals surface area contributed by atoms with E-state index in [1.54, 1.807) is 18.5 Å². The van der Waals surface area contributed by atoms with Crippen molar-refractivity contribution in [3.05, 3.63) is 112 Å². The van der Waals surface area contributed by atoms with Crippen LogP contribution in [-0.2, 0) is 33.8 Å². The van der Waals surface area contributed by atoms with Gasteiger partial charge in [-0.25, -0.2) is 15.0 Å². The normalized spacial score (nSPS) is 21.9. The maximum Gasteiger partial charge on any atom is 0.243 e. The van der Waals surface area contributed by atoms with E-state index in [0.717, 1.165) is 65.0 Å². The van der Waals surface area contributed by atoms with E-state index in [1.807, 2.05) is 46.0 Å². The van der Waals surface area contributed by atoms with E-state index >= 15 is 0 Å². The van der Waals surface area contributed by atoms with Crippen molar-refractivity contribution in [2.45, 2.75) is 109 Å². The van der Waals surface area contributed by atoms with Crippen LogP contribution < -0.4 is 25.2 Å². The molecule has 2 unspecified atom stereocenters. The molecule has 7 heterocycles. The van der Waals surface area contributed by atoms with Crippen LogP contribution in [0.25, 0.3) is 21.2 Å². The zero-order chi connectivity index (χ0) is 54.6. The fourth-order valence-corrected chi connectivity index (χ4v) is 12.6. The molecular formula is C58H71N11O8S. The lowest BCUT2D eigenvalue weighted by atomic mass is 9.91. The first kappa shape index (κ1) is 54.8. The highest BCUT2D eigenvalue weighted by Crippen LogP contribution is 2.38. The smallest absolute Gasteiger partial charge is 0.243 e. The van der Waals surface area contributed by atoms with Crippen molar-refractivity contribution >= 4 is 45.4 Å². The molecule has 20 heteroatoms. The molecule has 8 atom stereocenters. The predicted octanol–water partition coefficient (Wildman–Crippen LogP) is 5.44. The number of aryl methyl sites for hydroxylation is 2. The van der Waals surface area contributed by atoms with Crippen molar-refractivity contribution in [2.75, 3.05) is 75.9 Å². The molecule has 6 aromatic rings. The number of ether oxygens (including phenoxy) is 2. The van der Waals surface area contributed by atoms with Gasteiger partial charge in [-0.15, -0.1) is 11.3 Å². The predicted molar refractivity (Wildman–Crippen MR) is 296 cm³/mol. The number of aliphatic hydroxyl groups is 3. The molecule has 4 aliphatic heterocycles. The third-order valence-corrected chi connectivity index (χ3v) is 16.9. The fraction of sp³-hybridized carbons (Fsp3) is 0.500. The highest BCUT2D eigenvalue weighted by atomic mass is 32.1. The molecule has 0 spiro atoms. The molecule has 412 valence electrons. The maximum atomic E-state index is 14.0. The van der Waals surface area contributed by atoms with Crippen molar-refractivity contribution in [1.82, 2.24) is 40.5 Å². The molecular weight excluding hydrogens is 1010 g/mol. The lowest BCUT2D eigenvalue weighted by Gasteiger charge is -2.38. The van der Waals surface area contributed by atoms with Gasteiger partial charge in [-0.1, -0.05) is 67.5 Å². The number of fused-ring (bicyclic) bond motifs is 2. The van der Waals surface area contributed by atoms with Crippen molar-refractivity contribution < 1.29 is 38.9 Å². The first-order valence-electron chi connectivity index (χ1n) is 27.2. The van der Waals surface area contributed by atoms with Crippen molar-refractivity contribution in [3.8, 4) is 22.3 Å². The first-order valence-corrected chi connectivity index (χ1v) is 28.1. The van der Waals surface area contributed by atoms with E-state index in [9.17, 15) is 30.2 Å². The fourth-order valence-electron chi connectivity index (χ4n) is 11.8. The molecule has 3 aromatic heterocycles. The Morgan fingerprint density at radius 2 is 1.83 bits per heavy atom. The number of nitrogens with one attached hydrogen (secondary N) is 2. The highest BCUT2D eigenvalue weighted by Gasteiger charge is 2.44. The Balaban J connectivity index is 0.778. The Morgan fingerprint density at radius 1 is 1.00 bits per heavy atom. The van der Waals surface area contributed by atoms with Gasteiger partial charge < -0.3 is 54.6 Å². The molecule has 0 bridgehead atoms. The molecule has 4 aliphatic rings. The van der Waals surface area contributed by atoms with Crippen LogP contribution in [0.1, 0.15) is 84.9 Å². The third-order valence-electron chi connectivity index (χ3n) is 15.9. The van der Waals surface area contributed by atoms with Gasteiger partial charge in [0.15, 0.2) is 5.82 Å². The second kappa shape index (κ2) is 24.2. The summed E-state index contributed by atoms with van der Waals surface area (Å²) in [5.74, 6) is 0.450. The Bertz CT molecular complexity index is 3120. The summed E-state index contributed by atoms with van der Waals surface area (Å²) in [5, 5.41) is 56.9. The molecule has 0 radical (unpaired) electrons. The third kappa shape index (κ3) is 11.9. The number of aliphatic hydroxyl groups excluding tert-OH is 3. The van der Waals surface area contributed by atoms with Crippen LogP contribution in [0, 0.1) is 37.0 Å². The second-order valence-corrected chi connectivity index (χ2v) is 22.5. The van der Waals surface area contributed by atoms with Gasteiger partial charge in [0.1, 0.15) is 42.0 Å². The summed E-state index contributed by atoms with van der Waals surface area (Å²) in [6.45, 7) is 12.0. The van der Waals surface area contributed by atoms with Crippen LogP contribution in [0.4, 0.5) is 11.5 Å². The number of hydrogen-bond acceptors (Lipinski definition) is 18. The number of carbonyl (C=O) groups excluding carboxylic acids is 2. The summed E-state index contributed by atoms with van der Waals surface area (Å²) < 4.78 is 17.9. The molecule has 19 nitrogen and oxygen atoms in total. The van der Waals surface area contributed by atoms with Gasteiger partial charge in [-0.2, -0.15) is 5.26 Å². The zero-order valence-corrected chi connectivity index (χ0v) is 45.9. The maximum absolute atomic E-state index is 14.0. The van der Waals surface area contributed by atoms with Gasteiger partial charge in [-0.05, 0) is 62.7 Å². The lowest BCUT2D eigenvalue weighted by molar-refractivity contribution is -0.141. The zero-order valence-electron chi connectivity index (χ0n) is 45.0. The molecule has 0 saturated carbocycles. The molecule has 2 amide bonds. The van der Waals surface area contributed by atoms with E-state index < -0.39 is 30.3 Å². The first-order chi connectivity index (χ1) is 37.7. The summed E-state index contributed by atoms with van der Waals surface area (Å²) in [6, 6.07) is 23.4. The summed E-state index contributed by atoms with van der Waals surface area (Å²) in [4.78, 5) is 51.8. The number of hydrogen-bond donors (Lipinski definition) is 5.